The normalized spacial score (nSPS) is 10.7. The van der Waals surface area contributed by atoms with E-state index in [4.69, 9.17) is 5.11 Å². The molecule has 0 amide bonds. The fourth-order valence-electron chi connectivity index (χ4n) is 1.30. The van der Waals surface area contributed by atoms with Gasteiger partial charge < -0.3 is 14.7 Å². The number of nitrogens with zero attached hydrogens (tertiary/aromatic N) is 1. The second-order valence-electron chi connectivity index (χ2n) is 2.94. The monoisotopic (exact) mass is 226 g/mol. The maximum Gasteiger partial charge on any atom is 0.354 e. The summed E-state index contributed by atoms with van der Waals surface area (Å²) in [5.41, 5.74) is -0.633. The molecule has 0 fully saturated rings. The van der Waals surface area contributed by atoms with Crippen LogP contribution in [-0.4, -0.2) is 20.6 Å². The highest BCUT2D eigenvalue weighted by atomic mass is 32.1. The van der Waals surface area contributed by atoms with Crippen molar-refractivity contribution in [3.63, 3.8) is 0 Å². The largest absolute Gasteiger partial charge is 0.477 e. The SMILES string of the molecule is Cn1c(C(=O)O)c[nH]c2c(=O)c(=O)sc1=2. The van der Waals surface area contributed by atoms with Crippen LogP contribution in [-0.2, 0) is 7.05 Å². The summed E-state index contributed by atoms with van der Waals surface area (Å²) >= 11 is 0.737. The van der Waals surface area contributed by atoms with E-state index in [-0.39, 0.29) is 11.0 Å². The number of H-pyrrole nitrogens is 1. The zero-order valence-electron chi connectivity index (χ0n) is 7.60. The van der Waals surface area contributed by atoms with Gasteiger partial charge in [0.15, 0.2) is 0 Å². The Bertz CT molecular complexity index is 708. The molecule has 0 bridgehead atoms. The van der Waals surface area contributed by atoms with Crippen LogP contribution < -0.4 is 10.2 Å². The van der Waals surface area contributed by atoms with E-state index in [1.807, 2.05) is 0 Å². The average Bonchev–Trinajstić information content (AvgIpc) is 2.45. The Hall–Kier alpha value is -1.89. The summed E-state index contributed by atoms with van der Waals surface area (Å²) in [7, 11) is 1.50. The van der Waals surface area contributed by atoms with E-state index in [1.54, 1.807) is 0 Å². The van der Waals surface area contributed by atoms with Crippen LogP contribution >= 0.6 is 11.3 Å². The summed E-state index contributed by atoms with van der Waals surface area (Å²) < 4.78 is 1.05. The first-order valence-corrected chi connectivity index (χ1v) is 4.78. The summed E-state index contributed by atoms with van der Waals surface area (Å²) in [6.45, 7) is 0. The second kappa shape index (κ2) is 3.06. The summed E-state index contributed by atoms with van der Waals surface area (Å²) in [5.74, 6) is -1.12. The summed E-state index contributed by atoms with van der Waals surface area (Å²) in [5, 5.41) is 8.96. The van der Waals surface area contributed by atoms with Gasteiger partial charge in [-0.3, -0.25) is 9.59 Å². The van der Waals surface area contributed by atoms with Gasteiger partial charge in [0.2, 0.25) is 0 Å². The Labute approximate surface area is 86.1 Å². The zero-order valence-corrected chi connectivity index (χ0v) is 8.42. The molecule has 2 heterocycles. The average molecular weight is 226 g/mol. The fourth-order valence-corrected chi connectivity index (χ4v) is 2.16. The lowest BCUT2D eigenvalue weighted by atomic mass is 10.4. The Morgan fingerprint density at radius 1 is 1.53 bits per heavy atom. The molecule has 0 unspecified atom stereocenters. The molecule has 15 heavy (non-hydrogen) atoms. The zero-order chi connectivity index (χ0) is 11.2. The molecular formula is C8H6N2O4S. The maximum atomic E-state index is 11.3. The molecule has 0 saturated carbocycles. The third-order valence-corrected chi connectivity index (χ3v) is 3.10. The van der Waals surface area contributed by atoms with Gasteiger partial charge in [-0.2, -0.15) is 0 Å². The number of carbonyl (C=O) groups is 1. The van der Waals surface area contributed by atoms with E-state index >= 15 is 0 Å². The number of nitrogens with one attached hydrogen (secondary N) is 1. The van der Waals surface area contributed by atoms with E-state index < -0.39 is 16.1 Å². The van der Waals surface area contributed by atoms with Crippen LogP contribution in [0.25, 0.3) is 0 Å². The number of hydrogen-bond donors (Lipinski definition) is 2. The predicted octanol–water partition coefficient (Wildman–Crippen LogP) is -0.442. The van der Waals surface area contributed by atoms with Crippen molar-refractivity contribution in [3.8, 4) is 0 Å². The molecule has 0 atom stereocenters. The van der Waals surface area contributed by atoms with Gasteiger partial charge >= 0.3 is 5.97 Å². The van der Waals surface area contributed by atoms with Crippen LogP contribution in [0.4, 0.5) is 0 Å². The minimum absolute atomic E-state index is 0.0104. The quantitative estimate of drug-likeness (QED) is 0.644. The number of carboxylic acid groups (broad SMARTS) is 1. The van der Waals surface area contributed by atoms with Crippen LogP contribution in [0.5, 0.6) is 0 Å². The number of hydrogen-bond acceptors (Lipinski definition) is 4. The molecule has 2 rings (SSSR count). The van der Waals surface area contributed by atoms with Crippen molar-refractivity contribution in [1.82, 2.24) is 9.55 Å². The van der Waals surface area contributed by atoms with Crippen LogP contribution in [0.3, 0.4) is 0 Å². The van der Waals surface area contributed by atoms with E-state index in [2.05, 4.69) is 4.98 Å². The van der Waals surface area contributed by atoms with Gasteiger partial charge in [0.25, 0.3) is 10.2 Å². The summed E-state index contributed by atoms with van der Waals surface area (Å²) in [6, 6.07) is 0. The molecule has 2 N–H and O–H groups in total. The number of rotatable bonds is 1. The third-order valence-electron chi connectivity index (χ3n) is 2.05. The Kier molecular flexibility index (Phi) is 1.97. The number of aromatic nitrogens is 2. The minimum Gasteiger partial charge on any atom is -0.477 e. The molecule has 0 aromatic carbocycles. The van der Waals surface area contributed by atoms with Crippen LogP contribution in [0.1, 0.15) is 10.5 Å². The number of carboxylic acids is 1. The van der Waals surface area contributed by atoms with E-state index in [9.17, 15) is 14.4 Å². The van der Waals surface area contributed by atoms with E-state index in [0.29, 0.717) is 4.66 Å². The molecule has 6 nitrogen and oxygen atoms in total. The molecule has 0 aromatic rings. The maximum absolute atomic E-state index is 11.3. The van der Waals surface area contributed by atoms with Crippen LogP contribution in [0.15, 0.2) is 15.8 Å². The molecule has 2 aliphatic rings. The van der Waals surface area contributed by atoms with Gasteiger partial charge in [-0.1, -0.05) is 11.3 Å². The topological polar surface area (TPSA) is 92.2 Å². The lowest BCUT2D eigenvalue weighted by Gasteiger charge is -2.02. The number of aromatic carboxylic acids is 1. The van der Waals surface area contributed by atoms with Gasteiger partial charge in [0.05, 0.1) is 0 Å². The molecule has 78 valence electrons. The number of aromatic amines is 1. The second-order valence-corrected chi connectivity index (χ2v) is 3.90. The molecule has 0 saturated heterocycles. The van der Waals surface area contributed by atoms with Gasteiger partial charge in [-0.05, 0) is 0 Å². The highest BCUT2D eigenvalue weighted by Gasteiger charge is 2.11. The van der Waals surface area contributed by atoms with Crippen LogP contribution in [0.2, 0.25) is 0 Å². The van der Waals surface area contributed by atoms with Gasteiger partial charge in [0, 0.05) is 13.2 Å². The first-order chi connectivity index (χ1) is 7.02. The first-order valence-electron chi connectivity index (χ1n) is 3.97. The molecule has 7 heteroatoms. The minimum atomic E-state index is -1.12. The van der Waals surface area contributed by atoms with Crippen molar-refractivity contribution in [1.29, 1.82) is 0 Å². The molecule has 0 aromatic heterocycles. The highest BCUT2D eigenvalue weighted by Crippen LogP contribution is 2.01. The van der Waals surface area contributed by atoms with Crippen molar-refractivity contribution in [2.24, 2.45) is 7.05 Å². The van der Waals surface area contributed by atoms with Crippen molar-refractivity contribution < 1.29 is 9.90 Å². The lowest BCUT2D eigenvalue weighted by molar-refractivity contribution is 0.0684. The molecule has 0 aliphatic carbocycles. The predicted molar refractivity (Wildman–Crippen MR) is 52.4 cm³/mol. The first kappa shape index (κ1) is 9.66. The smallest absolute Gasteiger partial charge is 0.354 e. The molecule has 2 aliphatic heterocycles. The highest BCUT2D eigenvalue weighted by molar-refractivity contribution is 7.07. The third kappa shape index (κ3) is 1.28. The van der Waals surface area contributed by atoms with Crippen molar-refractivity contribution in [3.05, 3.63) is 41.7 Å². The van der Waals surface area contributed by atoms with E-state index in [1.165, 1.54) is 17.8 Å². The Balaban J connectivity index is 3.06. The van der Waals surface area contributed by atoms with Gasteiger partial charge in [0.1, 0.15) is 15.7 Å². The van der Waals surface area contributed by atoms with Crippen molar-refractivity contribution >= 4 is 17.3 Å². The van der Waals surface area contributed by atoms with Crippen molar-refractivity contribution in [2.75, 3.05) is 0 Å². The summed E-state index contributed by atoms with van der Waals surface area (Å²) in [4.78, 5) is 35.7. The van der Waals surface area contributed by atoms with Crippen molar-refractivity contribution in [2.45, 2.75) is 0 Å². The standard InChI is InChI=1S/C8H6N2O4S/c1-10-3(7(12)13)2-9-4-5(11)8(14)15-6(4)10/h2,9H,1H3,(H,12,13). The van der Waals surface area contributed by atoms with Gasteiger partial charge in [-0.15, -0.1) is 0 Å². The lowest BCUT2D eigenvalue weighted by Crippen LogP contribution is -2.17. The van der Waals surface area contributed by atoms with Crippen LogP contribution in [0, 0.1) is 10.0 Å². The summed E-state index contributed by atoms with van der Waals surface area (Å²) in [6.07, 6.45) is 1.19. The fraction of sp³-hybridized carbons (Fsp3) is 0.125. The Morgan fingerprint density at radius 2 is 2.20 bits per heavy atom. The molecule has 0 radical (unpaired) electrons. The molecule has 0 spiro atoms. The van der Waals surface area contributed by atoms with E-state index in [0.717, 1.165) is 11.3 Å². The molecular weight excluding hydrogens is 220 g/mol. The Morgan fingerprint density at radius 3 is 2.80 bits per heavy atom. The van der Waals surface area contributed by atoms with Gasteiger partial charge in [-0.25, -0.2) is 4.79 Å².